The monoisotopic (exact) mass is 260 g/mol. The fourth-order valence-corrected chi connectivity index (χ4v) is 1.32. The molecule has 0 fully saturated rings. The Morgan fingerprint density at radius 1 is 1.22 bits per heavy atom. The number of aromatic nitrogens is 3. The minimum absolute atomic E-state index is 0.136. The number of alkyl halides is 4. The van der Waals surface area contributed by atoms with Gasteiger partial charge in [-0.2, -0.15) is 13.5 Å². The molecule has 1 aromatic heterocycles. The molecule has 0 aliphatic heterocycles. The van der Waals surface area contributed by atoms with Crippen molar-refractivity contribution in [1.29, 1.82) is 0 Å². The van der Waals surface area contributed by atoms with Crippen LogP contribution in [0.5, 0.6) is 5.88 Å². The lowest BCUT2D eigenvalue weighted by Gasteiger charge is -2.07. The molecule has 0 spiro atoms. The molecule has 1 aromatic carbocycles. The molecule has 0 unspecified atom stereocenters. The fraction of sp³-hybridized carbons (Fsp3) is 0.200. The van der Waals surface area contributed by atoms with Crippen LogP contribution in [0.1, 0.15) is 12.0 Å². The highest BCUT2D eigenvalue weighted by Crippen LogP contribution is 2.23. The molecule has 95 valence electrons. The molecule has 8 heteroatoms. The molecule has 0 aliphatic rings. The molecule has 0 amide bonds. The van der Waals surface area contributed by atoms with Crippen LogP contribution in [-0.2, 0) is 0 Å². The van der Waals surface area contributed by atoms with Gasteiger partial charge >= 0.3 is 6.61 Å². The standard InChI is InChI=1S/C10H6F4N3O/c11-9(12)6-2-1-3-7(4-6)17-8(5-15-16-17)18-10(13)14/h1-4,9-10H. The molecular formula is C10H6F4N3O. The molecule has 4 nitrogen and oxygen atoms in total. The highest BCUT2D eigenvalue weighted by molar-refractivity contribution is 5.37. The lowest BCUT2D eigenvalue weighted by atomic mass is 10.2. The summed E-state index contributed by atoms with van der Waals surface area (Å²) in [6.07, 6.45) is -0.573. The van der Waals surface area contributed by atoms with Gasteiger partial charge < -0.3 is 4.74 Å². The molecular weight excluding hydrogens is 254 g/mol. The van der Waals surface area contributed by atoms with E-state index in [2.05, 4.69) is 21.2 Å². The minimum atomic E-state index is -3.07. The summed E-state index contributed by atoms with van der Waals surface area (Å²) in [4.78, 5) is 0. The van der Waals surface area contributed by atoms with Crippen LogP contribution in [0, 0.1) is 6.20 Å². The Labute approximate surface area is 98.8 Å². The van der Waals surface area contributed by atoms with E-state index in [1.807, 2.05) is 0 Å². The highest BCUT2D eigenvalue weighted by Gasteiger charge is 2.14. The predicted molar refractivity (Wildman–Crippen MR) is 51.8 cm³/mol. The zero-order chi connectivity index (χ0) is 13.1. The van der Waals surface area contributed by atoms with E-state index in [1.165, 1.54) is 18.2 Å². The first kappa shape index (κ1) is 12.3. The second-order valence-corrected chi connectivity index (χ2v) is 3.19. The lowest BCUT2D eigenvalue weighted by molar-refractivity contribution is -0.0546. The topological polar surface area (TPSA) is 39.9 Å². The molecule has 0 aliphatic carbocycles. The van der Waals surface area contributed by atoms with Gasteiger partial charge in [0.1, 0.15) is 0 Å². The molecule has 0 bridgehead atoms. The van der Waals surface area contributed by atoms with Crippen LogP contribution in [0.15, 0.2) is 24.3 Å². The summed E-state index contributed by atoms with van der Waals surface area (Å²) >= 11 is 0. The summed E-state index contributed by atoms with van der Waals surface area (Å²) in [6.45, 7) is -3.07. The van der Waals surface area contributed by atoms with Crippen LogP contribution >= 0.6 is 0 Å². The number of nitrogens with zero attached hydrogens (tertiary/aromatic N) is 3. The van der Waals surface area contributed by atoms with E-state index in [0.29, 0.717) is 0 Å². The summed E-state index contributed by atoms with van der Waals surface area (Å²) in [7, 11) is 0. The Bertz CT molecular complexity index is 529. The molecule has 2 rings (SSSR count). The smallest absolute Gasteiger partial charge is 0.388 e. The quantitative estimate of drug-likeness (QED) is 0.793. The zero-order valence-corrected chi connectivity index (χ0v) is 8.73. The maximum absolute atomic E-state index is 12.5. The van der Waals surface area contributed by atoms with E-state index in [1.54, 1.807) is 0 Å². The molecule has 0 saturated heterocycles. The van der Waals surface area contributed by atoms with Gasteiger partial charge in [0, 0.05) is 5.56 Å². The van der Waals surface area contributed by atoms with E-state index in [9.17, 15) is 17.6 Å². The van der Waals surface area contributed by atoms with Crippen molar-refractivity contribution in [2.75, 3.05) is 0 Å². The van der Waals surface area contributed by atoms with Crippen molar-refractivity contribution >= 4 is 0 Å². The zero-order valence-electron chi connectivity index (χ0n) is 8.73. The van der Waals surface area contributed by atoms with E-state index >= 15 is 0 Å². The minimum Gasteiger partial charge on any atom is -0.414 e. The largest absolute Gasteiger partial charge is 0.414 e. The first-order valence-electron chi connectivity index (χ1n) is 4.74. The van der Waals surface area contributed by atoms with Gasteiger partial charge in [0.2, 0.25) is 0 Å². The number of halogens is 4. The average Bonchev–Trinajstić information content (AvgIpc) is 2.76. The van der Waals surface area contributed by atoms with E-state index < -0.39 is 18.9 Å². The van der Waals surface area contributed by atoms with Crippen LogP contribution in [0.2, 0.25) is 0 Å². The van der Waals surface area contributed by atoms with Crippen LogP contribution in [0.4, 0.5) is 17.6 Å². The fourth-order valence-electron chi connectivity index (χ4n) is 1.32. The van der Waals surface area contributed by atoms with Crippen molar-refractivity contribution in [3.05, 3.63) is 36.0 Å². The Morgan fingerprint density at radius 3 is 2.67 bits per heavy atom. The summed E-state index contributed by atoms with van der Waals surface area (Å²) in [5, 5.41) is 6.72. The summed E-state index contributed by atoms with van der Waals surface area (Å²) in [6, 6.07) is 5.07. The number of hydrogen-bond acceptors (Lipinski definition) is 3. The van der Waals surface area contributed by atoms with Crippen molar-refractivity contribution < 1.29 is 22.3 Å². The van der Waals surface area contributed by atoms with Crippen molar-refractivity contribution in [2.24, 2.45) is 0 Å². The molecule has 18 heavy (non-hydrogen) atoms. The van der Waals surface area contributed by atoms with Crippen molar-refractivity contribution in [3.63, 3.8) is 0 Å². The van der Waals surface area contributed by atoms with Gasteiger partial charge in [-0.15, -0.1) is 5.10 Å². The summed E-state index contributed by atoms with van der Waals surface area (Å²) in [5.74, 6) is -0.448. The Balaban J connectivity index is 2.36. The Morgan fingerprint density at radius 2 is 2.00 bits per heavy atom. The van der Waals surface area contributed by atoms with Gasteiger partial charge in [-0.1, -0.05) is 17.3 Å². The van der Waals surface area contributed by atoms with E-state index in [4.69, 9.17) is 0 Å². The molecule has 0 N–H and O–H groups in total. The first-order chi connectivity index (χ1) is 8.58. The summed E-state index contributed by atoms with van der Waals surface area (Å²) < 4.78 is 54.1. The van der Waals surface area contributed by atoms with Crippen LogP contribution in [-0.4, -0.2) is 21.6 Å². The van der Waals surface area contributed by atoms with Gasteiger partial charge in [0.25, 0.3) is 12.3 Å². The van der Waals surface area contributed by atoms with E-state index in [0.717, 1.165) is 10.7 Å². The molecule has 2 aromatic rings. The van der Waals surface area contributed by atoms with Crippen LogP contribution in [0.25, 0.3) is 5.69 Å². The maximum Gasteiger partial charge on any atom is 0.388 e. The second-order valence-electron chi connectivity index (χ2n) is 3.19. The maximum atomic E-state index is 12.5. The van der Waals surface area contributed by atoms with Gasteiger partial charge in [0.15, 0.2) is 6.20 Å². The summed E-state index contributed by atoms with van der Waals surface area (Å²) in [5.41, 5.74) is -0.122. The SMILES string of the molecule is FC(F)Oc1[c]nnn1-c1cccc(C(F)F)c1. The molecule has 0 saturated carbocycles. The average molecular weight is 260 g/mol. The normalized spacial score (nSPS) is 11.2. The Hall–Kier alpha value is -2.12. The third kappa shape index (κ3) is 2.58. The number of rotatable bonds is 4. The van der Waals surface area contributed by atoms with E-state index in [-0.39, 0.29) is 11.3 Å². The van der Waals surface area contributed by atoms with Gasteiger partial charge in [-0.3, -0.25) is 0 Å². The van der Waals surface area contributed by atoms with Gasteiger partial charge in [-0.25, -0.2) is 8.78 Å². The van der Waals surface area contributed by atoms with Crippen LogP contribution < -0.4 is 4.74 Å². The van der Waals surface area contributed by atoms with Crippen molar-refractivity contribution in [1.82, 2.24) is 15.0 Å². The Kier molecular flexibility index (Phi) is 3.45. The third-order valence-corrected chi connectivity index (χ3v) is 2.04. The first-order valence-corrected chi connectivity index (χ1v) is 4.74. The van der Waals surface area contributed by atoms with Gasteiger partial charge in [0.05, 0.1) is 5.69 Å². The number of benzene rings is 1. The second kappa shape index (κ2) is 5.03. The van der Waals surface area contributed by atoms with Gasteiger partial charge in [-0.05, 0) is 12.1 Å². The van der Waals surface area contributed by atoms with Crippen molar-refractivity contribution in [3.8, 4) is 11.6 Å². The molecule has 1 radical (unpaired) electrons. The number of hydrogen-bond donors (Lipinski definition) is 0. The number of ether oxygens (including phenoxy) is 1. The highest BCUT2D eigenvalue weighted by atomic mass is 19.3. The molecule has 1 heterocycles. The molecule has 0 atom stereocenters. The predicted octanol–water partition coefficient (Wildman–Crippen LogP) is 2.61. The third-order valence-electron chi connectivity index (χ3n) is 2.04. The van der Waals surface area contributed by atoms with Crippen LogP contribution in [0.3, 0.4) is 0 Å². The van der Waals surface area contributed by atoms with Crippen molar-refractivity contribution in [2.45, 2.75) is 13.0 Å². The lowest BCUT2D eigenvalue weighted by Crippen LogP contribution is -2.08.